The molecule has 0 bridgehead atoms. The van der Waals surface area contributed by atoms with E-state index in [1.165, 1.54) is 24.3 Å². The molecule has 0 radical (unpaired) electrons. The second kappa shape index (κ2) is 6.87. The highest BCUT2D eigenvalue weighted by Gasteiger charge is 2.21. The van der Waals surface area contributed by atoms with Gasteiger partial charge in [-0.25, -0.2) is 13.2 Å². The lowest BCUT2D eigenvalue weighted by Gasteiger charge is -2.09. The van der Waals surface area contributed by atoms with Gasteiger partial charge < -0.3 is 4.74 Å². The van der Waals surface area contributed by atoms with Gasteiger partial charge >= 0.3 is 5.97 Å². The number of ether oxygens (including phenoxy) is 1. The van der Waals surface area contributed by atoms with Gasteiger partial charge in [-0.15, -0.1) is 11.3 Å². The number of hydrogen-bond donors (Lipinski definition) is 1. The molecule has 2 aromatic rings. The van der Waals surface area contributed by atoms with Gasteiger partial charge in [0, 0.05) is 10.0 Å². The molecule has 1 aromatic carbocycles. The third kappa shape index (κ3) is 3.92. The molecule has 0 aliphatic heterocycles. The summed E-state index contributed by atoms with van der Waals surface area (Å²) in [5.41, 5.74) is 0.156. The molecule has 5 nitrogen and oxygen atoms in total. The number of hydrogen-bond acceptors (Lipinski definition) is 5. The summed E-state index contributed by atoms with van der Waals surface area (Å²) in [4.78, 5) is 11.7. The van der Waals surface area contributed by atoms with Crippen LogP contribution in [0, 0.1) is 0 Å². The third-order valence-electron chi connectivity index (χ3n) is 2.53. The zero-order valence-corrected chi connectivity index (χ0v) is 14.4. The topological polar surface area (TPSA) is 72.5 Å². The van der Waals surface area contributed by atoms with E-state index < -0.39 is 16.0 Å². The molecule has 22 heavy (non-hydrogen) atoms. The van der Waals surface area contributed by atoms with E-state index in [1.54, 1.807) is 12.3 Å². The van der Waals surface area contributed by atoms with Crippen LogP contribution in [-0.2, 0) is 14.8 Å². The Balaban J connectivity index is 2.34. The molecule has 1 heterocycles. The summed E-state index contributed by atoms with van der Waals surface area (Å²) in [5, 5.41) is 2.17. The molecule has 1 N–H and O–H groups in total. The van der Waals surface area contributed by atoms with Crippen molar-refractivity contribution < 1.29 is 17.9 Å². The van der Waals surface area contributed by atoms with Crippen LogP contribution in [0.2, 0.25) is 10.0 Å². The van der Waals surface area contributed by atoms with Crippen LogP contribution in [0.3, 0.4) is 0 Å². The largest absolute Gasteiger partial charge is 0.462 e. The van der Waals surface area contributed by atoms with Crippen LogP contribution in [0.1, 0.15) is 17.3 Å². The second-order valence-electron chi connectivity index (χ2n) is 4.09. The Labute approximate surface area is 141 Å². The van der Waals surface area contributed by atoms with E-state index >= 15 is 0 Å². The smallest absolute Gasteiger partial charge is 0.341 e. The van der Waals surface area contributed by atoms with Crippen LogP contribution >= 0.6 is 34.5 Å². The maximum atomic E-state index is 12.4. The van der Waals surface area contributed by atoms with E-state index in [9.17, 15) is 13.2 Å². The van der Waals surface area contributed by atoms with Crippen LogP contribution in [0.5, 0.6) is 0 Å². The van der Waals surface area contributed by atoms with Crippen molar-refractivity contribution in [2.24, 2.45) is 0 Å². The Morgan fingerprint density at radius 1 is 1.27 bits per heavy atom. The van der Waals surface area contributed by atoms with E-state index in [0.29, 0.717) is 0 Å². The normalized spacial score (nSPS) is 11.2. The van der Waals surface area contributed by atoms with Crippen LogP contribution in [-0.4, -0.2) is 21.0 Å². The van der Waals surface area contributed by atoms with Gasteiger partial charge in [0.15, 0.2) is 0 Å². The number of rotatable bonds is 5. The van der Waals surface area contributed by atoms with Crippen LogP contribution in [0.4, 0.5) is 5.00 Å². The van der Waals surface area contributed by atoms with Gasteiger partial charge in [0.25, 0.3) is 10.0 Å². The summed E-state index contributed by atoms with van der Waals surface area (Å²) in [7, 11) is -3.92. The maximum Gasteiger partial charge on any atom is 0.341 e. The van der Waals surface area contributed by atoms with E-state index in [2.05, 4.69) is 4.72 Å². The lowest BCUT2D eigenvalue weighted by atomic mass is 10.3. The van der Waals surface area contributed by atoms with E-state index in [-0.39, 0.29) is 32.1 Å². The van der Waals surface area contributed by atoms with Crippen molar-refractivity contribution in [3.05, 3.63) is 45.3 Å². The first kappa shape index (κ1) is 17.1. The summed E-state index contributed by atoms with van der Waals surface area (Å²) in [6, 6.07) is 5.46. The molecule has 0 saturated heterocycles. The molecular formula is C13H11Cl2NO4S2. The van der Waals surface area contributed by atoms with Crippen LogP contribution < -0.4 is 4.72 Å². The number of esters is 1. The quantitative estimate of drug-likeness (QED) is 0.795. The predicted octanol–water partition coefficient (Wildman–Crippen LogP) is 4.03. The number of benzene rings is 1. The molecule has 0 aliphatic carbocycles. The fraction of sp³-hybridized carbons (Fsp3) is 0.154. The Hall–Kier alpha value is -1.28. The lowest BCUT2D eigenvalue weighted by molar-refractivity contribution is 0.0528. The molecule has 0 amide bonds. The Kier molecular flexibility index (Phi) is 5.33. The molecule has 1 aromatic heterocycles. The minimum atomic E-state index is -3.92. The third-order valence-corrected chi connectivity index (χ3v) is 5.26. The molecule has 0 aliphatic rings. The zero-order chi connectivity index (χ0) is 16.3. The Morgan fingerprint density at radius 3 is 2.50 bits per heavy atom. The van der Waals surface area contributed by atoms with Gasteiger partial charge in [-0.05, 0) is 36.6 Å². The van der Waals surface area contributed by atoms with E-state index in [1.807, 2.05) is 0 Å². The fourth-order valence-corrected chi connectivity index (χ4v) is 4.45. The summed E-state index contributed by atoms with van der Waals surface area (Å²) < 4.78 is 32.0. The highest BCUT2D eigenvalue weighted by Crippen LogP contribution is 2.29. The van der Waals surface area contributed by atoms with Gasteiger partial charge in [-0.1, -0.05) is 23.2 Å². The van der Waals surface area contributed by atoms with Crippen molar-refractivity contribution in [1.82, 2.24) is 0 Å². The molecule has 0 saturated carbocycles. The van der Waals surface area contributed by atoms with Crippen molar-refractivity contribution in [2.75, 3.05) is 11.3 Å². The highest BCUT2D eigenvalue weighted by molar-refractivity contribution is 7.93. The first-order chi connectivity index (χ1) is 10.3. The number of anilines is 1. The summed E-state index contributed by atoms with van der Waals surface area (Å²) in [6.45, 7) is 1.87. The number of halogens is 2. The lowest BCUT2D eigenvalue weighted by Crippen LogP contribution is -2.15. The summed E-state index contributed by atoms with van der Waals surface area (Å²) in [5.74, 6) is -0.592. The SMILES string of the molecule is CCOC(=O)c1ccsc1NS(=O)(=O)c1cc(Cl)cc(Cl)c1. The average Bonchev–Trinajstić information content (AvgIpc) is 2.85. The van der Waals surface area contributed by atoms with Crippen LogP contribution in [0.25, 0.3) is 0 Å². The molecule has 2 rings (SSSR count). The molecule has 9 heteroatoms. The number of sulfonamides is 1. The standard InChI is InChI=1S/C13H11Cl2NO4S2/c1-2-20-13(17)11-3-4-21-12(11)16-22(18,19)10-6-8(14)5-9(15)7-10/h3-7,16H,2H2,1H3. The Morgan fingerprint density at radius 2 is 1.91 bits per heavy atom. The number of carbonyl (C=O) groups is 1. The average molecular weight is 380 g/mol. The number of nitrogens with one attached hydrogen (secondary N) is 1. The van der Waals surface area contributed by atoms with Crippen LogP contribution in [0.15, 0.2) is 34.5 Å². The maximum absolute atomic E-state index is 12.4. The predicted molar refractivity (Wildman–Crippen MR) is 87.5 cm³/mol. The summed E-state index contributed by atoms with van der Waals surface area (Å²) >= 11 is 12.7. The van der Waals surface area contributed by atoms with Gasteiger partial charge in [-0.2, -0.15) is 0 Å². The van der Waals surface area contributed by atoms with E-state index in [0.717, 1.165) is 11.3 Å². The van der Waals surface area contributed by atoms with Gasteiger partial charge in [0.1, 0.15) is 5.00 Å². The Bertz CT molecular complexity index is 782. The monoisotopic (exact) mass is 379 g/mol. The molecular weight excluding hydrogens is 369 g/mol. The first-order valence-corrected chi connectivity index (χ1v) is 9.19. The minimum Gasteiger partial charge on any atom is -0.462 e. The summed E-state index contributed by atoms with van der Waals surface area (Å²) in [6.07, 6.45) is 0. The number of carbonyl (C=O) groups excluding carboxylic acids is 1. The zero-order valence-electron chi connectivity index (χ0n) is 11.3. The first-order valence-electron chi connectivity index (χ1n) is 6.07. The van der Waals surface area contributed by atoms with Crippen molar-refractivity contribution >= 4 is 55.5 Å². The van der Waals surface area contributed by atoms with Crippen molar-refractivity contribution in [3.63, 3.8) is 0 Å². The van der Waals surface area contributed by atoms with Crippen molar-refractivity contribution in [3.8, 4) is 0 Å². The van der Waals surface area contributed by atoms with Crippen molar-refractivity contribution in [1.29, 1.82) is 0 Å². The fourth-order valence-electron chi connectivity index (χ4n) is 1.62. The molecule has 0 atom stereocenters. The van der Waals surface area contributed by atoms with E-state index in [4.69, 9.17) is 27.9 Å². The van der Waals surface area contributed by atoms with Gasteiger partial charge in [-0.3, -0.25) is 4.72 Å². The van der Waals surface area contributed by atoms with Gasteiger partial charge in [0.2, 0.25) is 0 Å². The molecule has 0 fully saturated rings. The number of thiophene rings is 1. The van der Waals surface area contributed by atoms with Crippen molar-refractivity contribution in [2.45, 2.75) is 11.8 Å². The molecule has 118 valence electrons. The minimum absolute atomic E-state index is 0.0896. The molecule has 0 unspecified atom stereocenters. The van der Waals surface area contributed by atoms with Gasteiger partial charge in [0.05, 0.1) is 17.1 Å². The highest BCUT2D eigenvalue weighted by atomic mass is 35.5. The molecule has 0 spiro atoms. The second-order valence-corrected chi connectivity index (χ2v) is 7.57.